The van der Waals surface area contributed by atoms with E-state index in [0.29, 0.717) is 44.1 Å². The lowest BCUT2D eigenvalue weighted by atomic mass is 9.62. The lowest BCUT2D eigenvalue weighted by Gasteiger charge is -2.55. The SMILES string of the molecule is CC1CC2(OCC3CO3)CC(OCC3CO3)CC(OCC3CO3)(C1)C2. The molecule has 142 valence electrons. The van der Waals surface area contributed by atoms with Crippen molar-refractivity contribution in [1.82, 2.24) is 0 Å². The average Bonchev–Trinajstić information content (AvgIpc) is 3.45. The summed E-state index contributed by atoms with van der Waals surface area (Å²) in [6.45, 7) is 6.95. The third-order valence-electron chi connectivity index (χ3n) is 6.16. The predicted molar refractivity (Wildman–Crippen MR) is 88.6 cm³/mol. The average molecular weight is 354 g/mol. The van der Waals surface area contributed by atoms with Crippen molar-refractivity contribution in [2.45, 2.75) is 74.6 Å². The van der Waals surface area contributed by atoms with Gasteiger partial charge in [-0.1, -0.05) is 6.92 Å². The maximum absolute atomic E-state index is 6.49. The number of fused-ring (bicyclic) bond motifs is 2. The Morgan fingerprint density at radius 1 is 0.760 bits per heavy atom. The third-order valence-corrected chi connectivity index (χ3v) is 6.16. The molecule has 6 heteroatoms. The lowest BCUT2D eigenvalue weighted by molar-refractivity contribution is -0.227. The fraction of sp³-hybridized carbons (Fsp3) is 1.00. The summed E-state index contributed by atoms with van der Waals surface area (Å²) < 4.78 is 35.3. The highest BCUT2D eigenvalue weighted by molar-refractivity contribution is 5.07. The van der Waals surface area contributed by atoms with Gasteiger partial charge in [-0.15, -0.1) is 0 Å². The molecule has 5 aliphatic rings. The Morgan fingerprint density at radius 2 is 1.24 bits per heavy atom. The molecule has 3 heterocycles. The van der Waals surface area contributed by atoms with Gasteiger partial charge in [-0.25, -0.2) is 0 Å². The highest BCUT2D eigenvalue weighted by Gasteiger charge is 2.55. The first-order chi connectivity index (χ1) is 12.1. The number of ether oxygens (including phenoxy) is 6. The fourth-order valence-corrected chi connectivity index (χ4v) is 5.02. The van der Waals surface area contributed by atoms with Crippen LogP contribution in [-0.4, -0.2) is 75.3 Å². The second kappa shape index (κ2) is 6.43. The quantitative estimate of drug-likeness (QED) is 0.587. The normalized spacial score (nSPS) is 50.5. The van der Waals surface area contributed by atoms with Crippen molar-refractivity contribution in [2.24, 2.45) is 5.92 Å². The van der Waals surface area contributed by atoms with Gasteiger partial charge in [-0.2, -0.15) is 0 Å². The van der Waals surface area contributed by atoms with Gasteiger partial charge in [-0.05, 0) is 18.8 Å². The predicted octanol–water partition coefficient (Wildman–Crippen LogP) is 1.69. The smallest absolute Gasteiger partial charge is 0.104 e. The van der Waals surface area contributed by atoms with E-state index in [9.17, 15) is 0 Å². The fourth-order valence-electron chi connectivity index (χ4n) is 5.02. The molecule has 2 saturated carbocycles. The Balaban J connectivity index is 1.30. The monoisotopic (exact) mass is 354 g/mol. The van der Waals surface area contributed by atoms with Crippen molar-refractivity contribution < 1.29 is 28.4 Å². The lowest BCUT2D eigenvalue weighted by Crippen LogP contribution is -2.59. The Hall–Kier alpha value is -0.240. The molecule has 0 aromatic carbocycles. The Labute approximate surface area is 149 Å². The van der Waals surface area contributed by atoms with Crippen LogP contribution in [-0.2, 0) is 28.4 Å². The minimum Gasteiger partial charge on any atom is -0.375 e. The molecule has 5 unspecified atom stereocenters. The van der Waals surface area contributed by atoms with E-state index in [1.807, 2.05) is 0 Å². The summed E-state index contributed by atoms with van der Waals surface area (Å²) in [6.07, 6.45) is 6.15. The molecule has 25 heavy (non-hydrogen) atoms. The van der Waals surface area contributed by atoms with E-state index in [2.05, 4.69) is 6.92 Å². The number of rotatable bonds is 9. The molecule has 0 aromatic rings. The number of epoxide rings is 3. The summed E-state index contributed by atoms with van der Waals surface area (Å²) in [5.74, 6) is 0.599. The van der Waals surface area contributed by atoms with Gasteiger partial charge in [0.05, 0.1) is 56.9 Å². The highest BCUT2D eigenvalue weighted by atomic mass is 16.6. The standard InChI is InChI=1S/C19H30O6/c1-13-2-18(24-10-16-8-22-16)4-14(20-6-15-7-21-15)5-19(3-13,12-18)25-11-17-9-23-17/h13-17H,2-12H2,1H3. The molecule has 3 aliphatic heterocycles. The van der Waals surface area contributed by atoms with E-state index in [1.54, 1.807) is 0 Å². The molecular weight excluding hydrogens is 324 g/mol. The van der Waals surface area contributed by atoms with Crippen LogP contribution in [0.4, 0.5) is 0 Å². The van der Waals surface area contributed by atoms with Crippen molar-refractivity contribution in [2.75, 3.05) is 39.6 Å². The highest BCUT2D eigenvalue weighted by Crippen LogP contribution is 2.52. The molecule has 5 fully saturated rings. The first-order valence-corrected chi connectivity index (χ1v) is 9.86. The first-order valence-electron chi connectivity index (χ1n) is 9.86. The van der Waals surface area contributed by atoms with Crippen LogP contribution < -0.4 is 0 Å². The van der Waals surface area contributed by atoms with Crippen molar-refractivity contribution in [1.29, 1.82) is 0 Å². The van der Waals surface area contributed by atoms with Gasteiger partial charge in [0, 0.05) is 19.3 Å². The van der Waals surface area contributed by atoms with E-state index in [4.69, 9.17) is 28.4 Å². The van der Waals surface area contributed by atoms with Crippen LogP contribution in [0.1, 0.15) is 39.0 Å². The molecule has 5 atom stereocenters. The van der Waals surface area contributed by atoms with Crippen LogP contribution >= 0.6 is 0 Å². The van der Waals surface area contributed by atoms with Gasteiger partial charge in [0.25, 0.3) is 0 Å². The minimum atomic E-state index is -0.138. The van der Waals surface area contributed by atoms with Gasteiger partial charge in [0.2, 0.25) is 0 Å². The van der Waals surface area contributed by atoms with Crippen LogP contribution in [0, 0.1) is 5.92 Å². The zero-order valence-electron chi connectivity index (χ0n) is 15.1. The van der Waals surface area contributed by atoms with Gasteiger partial charge in [-0.3, -0.25) is 0 Å². The maximum Gasteiger partial charge on any atom is 0.104 e. The zero-order chi connectivity index (χ0) is 16.9. The molecule has 0 N–H and O–H groups in total. The third kappa shape index (κ3) is 4.20. The van der Waals surface area contributed by atoms with E-state index in [1.165, 1.54) is 0 Å². The summed E-state index contributed by atoms with van der Waals surface area (Å²) >= 11 is 0. The van der Waals surface area contributed by atoms with Gasteiger partial charge < -0.3 is 28.4 Å². The summed E-state index contributed by atoms with van der Waals surface area (Å²) in [5, 5.41) is 0. The zero-order valence-corrected chi connectivity index (χ0v) is 15.1. The Morgan fingerprint density at radius 3 is 1.72 bits per heavy atom. The Bertz CT molecular complexity index is 454. The van der Waals surface area contributed by atoms with Crippen molar-refractivity contribution >= 4 is 0 Å². The Kier molecular flexibility index (Phi) is 4.34. The second-order valence-corrected chi connectivity index (χ2v) is 8.91. The van der Waals surface area contributed by atoms with Crippen LogP contribution in [0.5, 0.6) is 0 Å². The van der Waals surface area contributed by atoms with Crippen molar-refractivity contribution in [3.05, 3.63) is 0 Å². The van der Waals surface area contributed by atoms with Crippen LogP contribution in [0.25, 0.3) is 0 Å². The summed E-state index contributed by atoms with van der Waals surface area (Å²) in [4.78, 5) is 0. The molecule has 3 saturated heterocycles. The minimum absolute atomic E-state index is 0.138. The topological polar surface area (TPSA) is 65.3 Å². The van der Waals surface area contributed by atoms with E-state index in [0.717, 1.165) is 51.9 Å². The van der Waals surface area contributed by atoms with Crippen LogP contribution in [0.3, 0.4) is 0 Å². The molecule has 6 nitrogen and oxygen atoms in total. The summed E-state index contributed by atoms with van der Waals surface area (Å²) in [6, 6.07) is 0. The van der Waals surface area contributed by atoms with E-state index < -0.39 is 0 Å². The van der Waals surface area contributed by atoms with E-state index in [-0.39, 0.29) is 17.3 Å². The molecule has 2 bridgehead atoms. The maximum atomic E-state index is 6.49. The molecule has 5 rings (SSSR count). The molecular formula is C19H30O6. The molecule has 0 aromatic heterocycles. The summed E-state index contributed by atoms with van der Waals surface area (Å²) in [7, 11) is 0. The van der Waals surface area contributed by atoms with Gasteiger partial charge in [0.15, 0.2) is 0 Å². The van der Waals surface area contributed by atoms with Crippen LogP contribution in [0.2, 0.25) is 0 Å². The largest absolute Gasteiger partial charge is 0.375 e. The molecule has 2 aliphatic carbocycles. The van der Waals surface area contributed by atoms with E-state index >= 15 is 0 Å². The molecule has 0 amide bonds. The van der Waals surface area contributed by atoms with Crippen LogP contribution in [0.15, 0.2) is 0 Å². The molecule has 0 spiro atoms. The van der Waals surface area contributed by atoms with Gasteiger partial charge >= 0.3 is 0 Å². The van der Waals surface area contributed by atoms with Gasteiger partial charge in [0.1, 0.15) is 18.3 Å². The van der Waals surface area contributed by atoms with Crippen molar-refractivity contribution in [3.63, 3.8) is 0 Å². The first kappa shape index (κ1) is 16.9. The number of hydrogen-bond donors (Lipinski definition) is 0. The number of hydrogen-bond acceptors (Lipinski definition) is 6. The van der Waals surface area contributed by atoms with Crippen molar-refractivity contribution in [3.8, 4) is 0 Å². The summed E-state index contributed by atoms with van der Waals surface area (Å²) in [5.41, 5.74) is -0.275. The molecule has 0 radical (unpaired) electrons. The second-order valence-electron chi connectivity index (χ2n) is 8.91.